The van der Waals surface area contributed by atoms with Crippen molar-refractivity contribution in [1.29, 1.82) is 0 Å². The fourth-order valence-corrected chi connectivity index (χ4v) is 4.34. The topological polar surface area (TPSA) is 118 Å². The Hall–Kier alpha value is -5.91. The van der Waals surface area contributed by atoms with Crippen LogP contribution in [0.25, 0.3) is 0 Å². The van der Waals surface area contributed by atoms with Gasteiger partial charge in [0.1, 0.15) is 23.3 Å². The molecule has 240 valence electrons. The number of nitrogens with one attached hydrogen (secondary N) is 1. The van der Waals surface area contributed by atoms with E-state index in [1.54, 1.807) is 36.4 Å². The van der Waals surface area contributed by atoms with Crippen LogP contribution in [0.1, 0.15) is 59.2 Å². The Kier molecular flexibility index (Phi) is 11.5. The maximum absolute atomic E-state index is 13.7. The van der Waals surface area contributed by atoms with E-state index >= 15 is 0 Å². The number of carboxylic acids is 1. The van der Waals surface area contributed by atoms with Crippen LogP contribution in [0.2, 0.25) is 0 Å². The van der Waals surface area contributed by atoms with Gasteiger partial charge in [-0.1, -0.05) is 36.4 Å². The molecule has 0 radical (unpaired) electrons. The molecule has 0 bridgehead atoms. The van der Waals surface area contributed by atoms with Crippen molar-refractivity contribution in [3.63, 3.8) is 0 Å². The minimum atomic E-state index is -1.24. The van der Waals surface area contributed by atoms with Gasteiger partial charge in [0.05, 0.1) is 47.6 Å². The maximum Gasteiger partial charge on any atom is 0.337 e. The third-order valence-electron chi connectivity index (χ3n) is 6.75. The van der Waals surface area contributed by atoms with E-state index in [1.807, 2.05) is 0 Å². The minimum absolute atomic E-state index is 0.112. The van der Waals surface area contributed by atoms with E-state index in [-0.39, 0.29) is 47.8 Å². The van der Waals surface area contributed by atoms with Gasteiger partial charge in [0.15, 0.2) is 0 Å². The van der Waals surface area contributed by atoms with Crippen LogP contribution < -0.4 is 5.32 Å². The number of methoxy groups -OCH3 is 1. The van der Waals surface area contributed by atoms with Gasteiger partial charge >= 0.3 is 11.9 Å². The highest BCUT2D eigenvalue weighted by Crippen LogP contribution is 2.16. The summed E-state index contributed by atoms with van der Waals surface area (Å²) in [6.07, 6.45) is 2.48. The molecule has 0 saturated carbocycles. The molecule has 0 saturated heterocycles. The molecule has 5 aromatic rings. The van der Waals surface area contributed by atoms with E-state index < -0.39 is 29.5 Å². The van der Waals surface area contributed by atoms with Crippen LogP contribution in [0.15, 0.2) is 97.3 Å². The lowest BCUT2D eigenvalue weighted by molar-refractivity contribution is 0.0599. The molecule has 0 aliphatic heterocycles. The molecule has 12 heteroatoms. The highest BCUT2D eigenvalue weighted by Gasteiger charge is 2.16. The van der Waals surface area contributed by atoms with Crippen molar-refractivity contribution in [3.8, 4) is 0 Å². The van der Waals surface area contributed by atoms with Crippen LogP contribution in [0, 0.1) is 23.3 Å². The summed E-state index contributed by atoms with van der Waals surface area (Å²) in [5, 5.41) is 11.7. The molecule has 47 heavy (non-hydrogen) atoms. The Morgan fingerprint density at radius 1 is 0.660 bits per heavy atom. The third kappa shape index (κ3) is 9.79. The molecule has 0 unspecified atom stereocenters. The molecular formula is C35H27F4N3O5. The van der Waals surface area contributed by atoms with Crippen molar-refractivity contribution < 1.29 is 41.8 Å². The monoisotopic (exact) mass is 645 g/mol. The number of rotatable bonds is 9. The maximum atomic E-state index is 13.7. The molecule has 5 rings (SSSR count). The lowest BCUT2D eigenvalue weighted by atomic mass is 10.0. The van der Waals surface area contributed by atoms with Crippen LogP contribution >= 0.6 is 0 Å². The van der Waals surface area contributed by atoms with E-state index in [4.69, 9.17) is 5.11 Å². The highest BCUT2D eigenvalue weighted by molar-refractivity contribution is 5.95. The van der Waals surface area contributed by atoms with Crippen molar-refractivity contribution >= 4 is 17.8 Å². The molecule has 2 N–H and O–H groups in total. The van der Waals surface area contributed by atoms with Crippen LogP contribution in [0.4, 0.5) is 17.6 Å². The number of pyridine rings is 2. The zero-order valence-electron chi connectivity index (χ0n) is 24.8. The van der Waals surface area contributed by atoms with Crippen LogP contribution in [-0.2, 0) is 24.1 Å². The molecule has 0 atom stereocenters. The van der Waals surface area contributed by atoms with Gasteiger partial charge in [-0.05, 0) is 65.2 Å². The zero-order valence-corrected chi connectivity index (χ0v) is 24.8. The van der Waals surface area contributed by atoms with E-state index in [0.29, 0.717) is 16.8 Å². The standard InChI is InChI=1S/C22H18F2N2O3.C13H9F2NO2/c1-29-22(28)16-6-2-15(3-7-16)12-26-21(27)19-11-18(24)13-25-20(19)10-14-4-8-17(23)9-5-14;14-9-3-1-8(2-4-9)5-12-11(13(17)18)6-10(15)7-16-12/h2-9,11,13H,10,12H2,1H3,(H,26,27);1-4,6-7H,5H2,(H,17,18). The first kappa shape index (κ1) is 34.0. The van der Waals surface area contributed by atoms with E-state index in [9.17, 15) is 31.9 Å². The molecular weight excluding hydrogens is 618 g/mol. The number of benzene rings is 3. The van der Waals surface area contributed by atoms with Crippen LogP contribution in [-0.4, -0.2) is 40.0 Å². The summed E-state index contributed by atoms with van der Waals surface area (Å²) in [5.41, 5.74) is 3.18. The fourth-order valence-electron chi connectivity index (χ4n) is 4.34. The van der Waals surface area contributed by atoms with Gasteiger partial charge in [0, 0.05) is 19.4 Å². The molecule has 8 nitrogen and oxygen atoms in total. The van der Waals surface area contributed by atoms with Crippen LogP contribution in [0.5, 0.6) is 0 Å². The summed E-state index contributed by atoms with van der Waals surface area (Å²) < 4.78 is 57.1. The molecule has 0 spiro atoms. The number of ether oxygens (including phenoxy) is 1. The Balaban J connectivity index is 0.000000238. The molecule has 3 aromatic carbocycles. The van der Waals surface area contributed by atoms with E-state index in [2.05, 4.69) is 20.0 Å². The van der Waals surface area contributed by atoms with Gasteiger partial charge in [0.25, 0.3) is 5.91 Å². The first-order chi connectivity index (χ1) is 22.5. The zero-order chi connectivity index (χ0) is 33.9. The number of nitrogens with zero attached hydrogens (tertiary/aromatic N) is 2. The number of esters is 1. The van der Waals surface area contributed by atoms with Gasteiger partial charge in [-0.2, -0.15) is 0 Å². The average molecular weight is 646 g/mol. The predicted octanol–water partition coefficient (Wildman–Crippen LogP) is 6.32. The van der Waals surface area contributed by atoms with Gasteiger partial charge in [0.2, 0.25) is 0 Å². The van der Waals surface area contributed by atoms with Gasteiger partial charge < -0.3 is 15.2 Å². The molecule has 0 aliphatic rings. The number of aromatic carboxylic acids is 1. The molecule has 0 aliphatic carbocycles. The number of halogens is 4. The number of carboxylic acid groups (broad SMARTS) is 1. The number of carbonyl (C=O) groups excluding carboxylic acids is 2. The Morgan fingerprint density at radius 3 is 1.57 bits per heavy atom. The normalized spacial score (nSPS) is 10.4. The molecule has 2 heterocycles. The molecule has 0 fully saturated rings. The molecule has 1 amide bonds. The number of hydrogen-bond acceptors (Lipinski definition) is 6. The highest BCUT2D eigenvalue weighted by atomic mass is 19.1. The van der Waals surface area contributed by atoms with Crippen molar-refractivity contribution in [1.82, 2.24) is 15.3 Å². The van der Waals surface area contributed by atoms with Crippen molar-refractivity contribution in [2.45, 2.75) is 19.4 Å². The average Bonchev–Trinajstić information content (AvgIpc) is 3.07. The number of amides is 1. The number of aromatic nitrogens is 2. The summed E-state index contributed by atoms with van der Waals surface area (Å²) in [7, 11) is 1.30. The van der Waals surface area contributed by atoms with E-state index in [0.717, 1.165) is 35.7 Å². The lowest BCUT2D eigenvalue weighted by Crippen LogP contribution is -2.24. The first-order valence-corrected chi connectivity index (χ1v) is 14.0. The van der Waals surface area contributed by atoms with E-state index in [1.165, 1.54) is 43.5 Å². The number of carbonyl (C=O) groups is 3. The van der Waals surface area contributed by atoms with Crippen molar-refractivity contribution in [2.24, 2.45) is 0 Å². The first-order valence-electron chi connectivity index (χ1n) is 14.0. The summed E-state index contributed by atoms with van der Waals surface area (Å²) in [4.78, 5) is 42.8. The summed E-state index contributed by atoms with van der Waals surface area (Å²) in [5.74, 6) is -4.22. The smallest absolute Gasteiger partial charge is 0.337 e. The second-order valence-electron chi connectivity index (χ2n) is 10.1. The van der Waals surface area contributed by atoms with Gasteiger partial charge in [-0.3, -0.25) is 14.8 Å². The van der Waals surface area contributed by atoms with Gasteiger partial charge in [-0.15, -0.1) is 0 Å². The largest absolute Gasteiger partial charge is 0.478 e. The Morgan fingerprint density at radius 2 is 1.11 bits per heavy atom. The fraction of sp³-hybridized carbons (Fsp3) is 0.114. The number of hydrogen-bond donors (Lipinski definition) is 2. The summed E-state index contributed by atoms with van der Waals surface area (Å²) in [6, 6.07) is 20.1. The predicted molar refractivity (Wildman–Crippen MR) is 163 cm³/mol. The lowest BCUT2D eigenvalue weighted by Gasteiger charge is -2.10. The Labute approximate surface area is 266 Å². The third-order valence-corrected chi connectivity index (χ3v) is 6.75. The second kappa shape index (κ2) is 15.9. The van der Waals surface area contributed by atoms with Crippen molar-refractivity contribution in [2.75, 3.05) is 7.11 Å². The van der Waals surface area contributed by atoms with Gasteiger partial charge in [-0.25, -0.2) is 27.2 Å². The summed E-state index contributed by atoms with van der Waals surface area (Å²) in [6.45, 7) is 0.187. The van der Waals surface area contributed by atoms with Crippen molar-refractivity contribution in [3.05, 3.63) is 165 Å². The molecule has 2 aromatic heterocycles. The quantitative estimate of drug-likeness (QED) is 0.142. The summed E-state index contributed by atoms with van der Waals surface area (Å²) >= 11 is 0. The second-order valence-corrected chi connectivity index (χ2v) is 10.1. The Bertz CT molecular complexity index is 1870. The minimum Gasteiger partial charge on any atom is -0.478 e. The SMILES string of the molecule is COC(=O)c1ccc(CNC(=O)c2cc(F)cnc2Cc2ccc(F)cc2)cc1.O=C(O)c1cc(F)cnc1Cc1ccc(F)cc1. The van der Waals surface area contributed by atoms with Crippen LogP contribution in [0.3, 0.4) is 0 Å².